The van der Waals surface area contributed by atoms with Gasteiger partial charge in [0.15, 0.2) is 0 Å². The van der Waals surface area contributed by atoms with E-state index in [-0.39, 0.29) is 5.56 Å². The minimum Gasteiger partial charge on any atom is -0.467 e. The summed E-state index contributed by atoms with van der Waals surface area (Å²) in [5.41, 5.74) is 2.35. The van der Waals surface area contributed by atoms with Crippen molar-refractivity contribution in [2.24, 2.45) is 4.99 Å². The molecule has 1 aromatic carbocycles. The van der Waals surface area contributed by atoms with Crippen LogP contribution < -0.4 is 10.9 Å². The van der Waals surface area contributed by atoms with Crippen molar-refractivity contribution in [2.45, 2.75) is 13.5 Å². The van der Waals surface area contributed by atoms with Crippen LogP contribution >= 0.6 is 11.6 Å². The highest BCUT2D eigenvalue weighted by atomic mass is 35.5. The van der Waals surface area contributed by atoms with Gasteiger partial charge in [-0.05, 0) is 55.0 Å². The van der Waals surface area contributed by atoms with Gasteiger partial charge in [0.05, 0.1) is 18.5 Å². The lowest BCUT2D eigenvalue weighted by Crippen LogP contribution is -2.22. The topological polar surface area (TPSA) is 71.9 Å². The van der Waals surface area contributed by atoms with Crippen molar-refractivity contribution in [3.8, 4) is 0 Å². The van der Waals surface area contributed by atoms with Crippen LogP contribution in [0.25, 0.3) is 5.65 Å². The Kier molecular flexibility index (Phi) is 4.95. The van der Waals surface area contributed by atoms with E-state index >= 15 is 0 Å². The molecule has 0 aliphatic rings. The molecular weight excluding hydrogens is 376 g/mol. The average Bonchev–Trinajstić information content (AvgIpc) is 3.21. The van der Waals surface area contributed by atoms with Gasteiger partial charge in [-0.3, -0.25) is 14.2 Å². The lowest BCUT2D eigenvalue weighted by Gasteiger charge is -2.11. The number of aromatic nitrogens is 2. The Labute approximate surface area is 166 Å². The predicted molar refractivity (Wildman–Crippen MR) is 111 cm³/mol. The van der Waals surface area contributed by atoms with Crippen molar-refractivity contribution >= 4 is 35.0 Å². The van der Waals surface area contributed by atoms with E-state index < -0.39 is 0 Å². The van der Waals surface area contributed by atoms with Crippen molar-refractivity contribution < 1.29 is 4.42 Å². The van der Waals surface area contributed by atoms with E-state index in [0.29, 0.717) is 34.3 Å². The average molecular weight is 393 g/mol. The number of benzene rings is 1. The lowest BCUT2D eigenvalue weighted by molar-refractivity contribution is 0.518. The Hall–Kier alpha value is -3.38. The molecule has 0 radical (unpaired) electrons. The molecule has 0 amide bonds. The van der Waals surface area contributed by atoms with Crippen LogP contribution in [0.3, 0.4) is 0 Å². The maximum Gasteiger partial charge on any atom is 0.268 e. The Morgan fingerprint density at radius 1 is 1.21 bits per heavy atom. The molecular formula is C21H17ClN4O2. The third-order valence-corrected chi connectivity index (χ3v) is 4.52. The van der Waals surface area contributed by atoms with Gasteiger partial charge in [0.1, 0.15) is 22.8 Å². The minimum atomic E-state index is -0.201. The fourth-order valence-corrected chi connectivity index (χ4v) is 2.94. The van der Waals surface area contributed by atoms with Crippen LogP contribution in [-0.4, -0.2) is 15.6 Å². The normalized spacial score (nSPS) is 11.4. The smallest absolute Gasteiger partial charge is 0.268 e. The first-order valence-corrected chi connectivity index (χ1v) is 9.07. The number of hydrogen-bond acceptors (Lipinski definition) is 5. The zero-order chi connectivity index (χ0) is 19.5. The van der Waals surface area contributed by atoms with Crippen molar-refractivity contribution in [1.82, 2.24) is 9.38 Å². The van der Waals surface area contributed by atoms with Gasteiger partial charge in [-0.15, -0.1) is 0 Å². The number of halogens is 1. The van der Waals surface area contributed by atoms with Crippen LogP contribution in [0.1, 0.15) is 16.9 Å². The molecule has 0 saturated heterocycles. The van der Waals surface area contributed by atoms with Gasteiger partial charge in [0.2, 0.25) is 0 Å². The zero-order valence-corrected chi connectivity index (χ0v) is 15.8. The quantitative estimate of drug-likeness (QED) is 0.503. The summed E-state index contributed by atoms with van der Waals surface area (Å²) in [5, 5.41) is 3.82. The van der Waals surface area contributed by atoms with E-state index in [4.69, 9.17) is 16.0 Å². The molecule has 3 aromatic heterocycles. The minimum absolute atomic E-state index is 0.201. The monoisotopic (exact) mass is 392 g/mol. The van der Waals surface area contributed by atoms with Gasteiger partial charge in [-0.25, -0.2) is 4.98 Å². The fraction of sp³-hybridized carbons (Fsp3) is 0.0952. The SMILES string of the molecule is Cc1cccn2c(=O)c(C=Nc3ccc(Cl)cc3)c(NCc3ccco3)nc12. The molecule has 6 nitrogen and oxygen atoms in total. The number of nitrogens with one attached hydrogen (secondary N) is 1. The lowest BCUT2D eigenvalue weighted by atomic mass is 10.2. The number of aliphatic imine (C=N–C) groups is 1. The maximum absolute atomic E-state index is 13.1. The Morgan fingerprint density at radius 2 is 2.04 bits per heavy atom. The van der Waals surface area contributed by atoms with Crippen LogP contribution in [0.5, 0.6) is 0 Å². The molecule has 0 spiro atoms. The van der Waals surface area contributed by atoms with Crippen molar-refractivity contribution in [3.63, 3.8) is 0 Å². The van der Waals surface area contributed by atoms with E-state index in [9.17, 15) is 4.79 Å². The molecule has 0 saturated carbocycles. The van der Waals surface area contributed by atoms with Gasteiger partial charge >= 0.3 is 0 Å². The summed E-state index contributed by atoms with van der Waals surface area (Å²) in [5.74, 6) is 1.20. The van der Waals surface area contributed by atoms with E-state index in [1.807, 2.05) is 31.2 Å². The Morgan fingerprint density at radius 3 is 2.79 bits per heavy atom. The molecule has 7 heteroatoms. The summed E-state index contributed by atoms with van der Waals surface area (Å²) in [7, 11) is 0. The first-order chi connectivity index (χ1) is 13.6. The molecule has 28 heavy (non-hydrogen) atoms. The third-order valence-electron chi connectivity index (χ3n) is 4.26. The van der Waals surface area contributed by atoms with Crippen LogP contribution in [0.2, 0.25) is 5.02 Å². The highest BCUT2D eigenvalue weighted by Gasteiger charge is 2.13. The first-order valence-electron chi connectivity index (χ1n) is 8.70. The summed E-state index contributed by atoms with van der Waals surface area (Å²) >= 11 is 5.92. The van der Waals surface area contributed by atoms with E-state index in [0.717, 1.165) is 11.3 Å². The fourth-order valence-electron chi connectivity index (χ4n) is 2.81. The number of furan rings is 1. The molecule has 4 aromatic rings. The van der Waals surface area contributed by atoms with Gasteiger partial charge in [-0.2, -0.15) is 0 Å². The zero-order valence-electron chi connectivity index (χ0n) is 15.1. The third kappa shape index (κ3) is 3.68. The summed E-state index contributed by atoms with van der Waals surface area (Å²) in [6.45, 7) is 2.32. The second-order valence-corrected chi connectivity index (χ2v) is 6.67. The van der Waals surface area contributed by atoms with Gasteiger partial charge < -0.3 is 9.73 Å². The number of aryl methyl sites for hydroxylation is 1. The summed E-state index contributed by atoms with van der Waals surface area (Å²) in [4.78, 5) is 22.2. The highest BCUT2D eigenvalue weighted by Crippen LogP contribution is 2.18. The molecule has 4 rings (SSSR count). The molecule has 0 bridgehead atoms. The number of anilines is 1. The number of rotatable bonds is 5. The molecule has 0 aliphatic carbocycles. The van der Waals surface area contributed by atoms with Gasteiger partial charge in [-0.1, -0.05) is 17.7 Å². The van der Waals surface area contributed by atoms with Crippen LogP contribution in [0, 0.1) is 6.92 Å². The number of hydrogen-bond donors (Lipinski definition) is 1. The van der Waals surface area contributed by atoms with Gasteiger partial charge in [0.25, 0.3) is 5.56 Å². The highest BCUT2D eigenvalue weighted by molar-refractivity contribution is 6.30. The second kappa shape index (κ2) is 7.70. The molecule has 140 valence electrons. The van der Waals surface area contributed by atoms with Gasteiger partial charge in [0, 0.05) is 17.4 Å². The van der Waals surface area contributed by atoms with Crippen molar-refractivity contribution in [1.29, 1.82) is 0 Å². The molecule has 3 heterocycles. The number of pyridine rings is 1. The first kappa shape index (κ1) is 18.0. The molecule has 0 aliphatic heterocycles. The van der Waals surface area contributed by atoms with Crippen LogP contribution in [0.15, 0.2) is 75.2 Å². The maximum atomic E-state index is 13.1. The van der Waals surface area contributed by atoms with E-state index in [1.54, 1.807) is 36.7 Å². The standard InChI is InChI=1S/C21H17ClN4O2/c1-14-4-2-10-26-20(14)25-19(24-12-17-5-3-11-28-17)18(21(26)27)13-23-16-8-6-15(22)7-9-16/h2-11,13,24H,12H2,1H3. The van der Waals surface area contributed by atoms with Crippen molar-refractivity contribution in [2.75, 3.05) is 5.32 Å². The number of nitrogens with zero attached hydrogens (tertiary/aromatic N) is 3. The Bertz CT molecular complexity index is 1200. The van der Waals surface area contributed by atoms with Crippen LogP contribution in [0.4, 0.5) is 11.5 Å². The van der Waals surface area contributed by atoms with E-state index in [2.05, 4.69) is 15.3 Å². The summed E-state index contributed by atoms with van der Waals surface area (Å²) in [6, 6.07) is 14.5. The van der Waals surface area contributed by atoms with E-state index in [1.165, 1.54) is 10.6 Å². The molecule has 0 unspecified atom stereocenters. The van der Waals surface area contributed by atoms with Crippen LogP contribution in [-0.2, 0) is 6.54 Å². The molecule has 0 fully saturated rings. The molecule has 0 atom stereocenters. The Balaban J connectivity index is 1.79. The number of fused-ring (bicyclic) bond motifs is 1. The predicted octanol–water partition coefficient (Wildman–Crippen LogP) is 4.61. The molecule has 1 N–H and O–H groups in total. The second-order valence-electron chi connectivity index (χ2n) is 6.23. The largest absolute Gasteiger partial charge is 0.467 e. The summed E-state index contributed by atoms with van der Waals surface area (Å²) < 4.78 is 6.88. The van der Waals surface area contributed by atoms with Crippen molar-refractivity contribution in [3.05, 3.63) is 93.3 Å². The summed E-state index contributed by atoms with van der Waals surface area (Å²) in [6.07, 6.45) is 4.83.